The highest BCUT2D eigenvalue weighted by molar-refractivity contribution is 6.30. The Labute approximate surface area is 157 Å². The number of anilines is 2. The Hall–Kier alpha value is -2.37. The van der Waals surface area contributed by atoms with Crippen LogP contribution in [0.4, 0.5) is 11.4 Å². The molecule has 5 nitrogen and oxygen atoms in total. The summed E-state index contributed by atoms with van der Waals surface area (Å²) in [5.41, 5.74) is 3.92. The molecule has 0 bridgehead atoms. The van der Waals surface area contributed by atoms with Crippen molar-refractivity contribution in [2.24, 2.45) is 0 Å². The average Bonchev–Trinajstić information content (AvgIpc) is 2.83. The number of carbonyl (C=O) groups is 2. The maximum absolute atomic E-state index is 13.2. The quantitative estimate of drug-likeness (QED) is 0.865. The molecular weight excluding hydrogens is 352 g/mol. The molecule has 0 fully saturated rings. The Morgan fingerprint density at radius 2 is 2.00 bits per heavy atom. The van der Waals surface area contributed by atoms with Gasteiger partial charge in [-0.2, -0.15) is 0 Å². The van der Waals surface area contributed by atoms with E-state index in [-0.39, 0.29) is 5.91 Å². The number of aliphatic hydroxyl groups excluding tert-OH is 1. The van der Waals surface area contributed by atoms with Gasteiger partial charge in [-0.1, -0.05) is 11.6 Å². The zero-order valence-electron chi connectivity index (χ0n) is 14.6. The van der Waals surface area contributed by atoms with Gasteiger partial charge in [0, 0.05) is 28.5 Å². The summed E-state index contributed by atoms with van der Waals surface area (Å²) in [7, 11) is 0. The number of rotatable bonds is 3. The summed E-state index contributed by atoms with van der Waals surface area (Å²) in [4.78, 5) is 26.3. The number of hydrogen-bond acceptors (Lipinski definition) is 3. The van der Waals surface area contributed by atoms with E-state index in [1.807, 2.05) is 30.0 Å². The Bertz CT molecular complexity index is 851. The second kappa shape index (κ2) is 7.89. The van der Waals surface area contributed by atoms with E-state index >= 15 is 0 Å². The van der Waals surface area contributed by atoms with Gasteiger partial charge in [0.2, 0.25) is 5.91 Å². The lowest BCUT2D eigenvalue weighted by Crippen LogP contribution is -2.32. The van der Waals surface area contributed by atoms with E-state index in [1.165, 1.54) is 0 Å². The van der Waals surface area contributed by atoms with Crippen molar-refractivity contribution >= 4 is 34.8 Å². The largest absolute Gasteiger partial charge is 0.387 e. The maximum atomic E-state index is 13.2. The normalized spacial score (nSPS) is 13.7. The molecule has 2 amide bonds. The highest BCUT2D eigenvalue weighted by Gasteiger charge is 2.23. The number of aryl methyl sites for hydroxylation is 2. The van der Waals surface area contributed by atoms with Crippen LogP contribution in [-0.2, 0) is 11.2 Å². The molecule has 1 aliphatic rings. The fourth-order valence-electron chi connectivity index (χ4n) is 3.26. The van der Waals surface area contributed by atoms with Crippen molar-refractivity contribution in [2.75, 3.05) is 23.4 Å². The summed E-state index contributed by atoms with van der Waals surface area (Å²) < 4.78 is 0. The topological polar surface area (TPSA) is 69.6 Å². The van der Waals surface area contributed by atoms with Crippen LogP contribution in [0.1, 0.15) is 34.3 Å². The highest BCUT2D eigenvalue weighted by atomic mass is 35.5. The van der Waals surface area contributed by atoms with Crippen molar-refractivity contribution in [1.82, 2.24) is 0 Å². The minimum absolute atomic E-state index is 0.0620. The molecule has 0 spiro atoms. The van der Waals surface area contributed by atoms with Crippen LogP contribution in [0, 0.1) is 6.92 Å². The lowest BCUT2D eigenvalue weighted by atomic mass is 10.0. The molecule has 2 N–H and O–H groups in total. The molecule has 1 heterocycles. The lowest BCUT2D eigenvalue weighted by molar-refractivity contribution is -0.118. The van der Waals surface area contributed by atoms with Gasteiger partial charge in [-0.25, -0.2) is 0 Å². The van der Waals surface area contributed by atoms with Crippen LogP contribution in [-0.4, -0.2) is 30.1 Å². The summed E-state index contributed by atoms with van der Waals surface area (Å²) in [6.45, 7) is 1.92. The van der Waals surface area contributed by atoms with E-state index in [2.05, 4.69) is 5.32 Å². The van der Waals surface area contributed by atoms with Gasteiger partial charge in [0.25, 0.3) is 5.91 Å². The molecule has 0 atom stereocenters. The van der Waals surface area contributed by atoms with Gasteiger partial charge in [-0.15, -0.1) is 0 Å². The highest BCUT2D eigenvalue weighted by Crippen LogP contribution is 2.30. The average molecular weight is 373 g/mol. The van der Waals surface area contributed by atoms with Crippen LogP contribution >= 0.6 is 11.6 Å². The number of aliphatic hydroxyl groups is 1. The molecule has 0 saturated heterocycles. The van der Waals surface area contributed by atoms with Crippen LogP contribution in [0.2, 0.25) is 5.02 Å². The molecule has 2 aromatic rings. The van der Waals surface area contributed by atoms with Gasteiger partial charge in [0.1, 0.15) is 6.61 Å². The third kappa shape index (κ3) is 3.89. The minimum atomic E-state index is -0.577. The van der Waals surface area contributed by atoms with Crippen LogP contribution in [0.5, 0.6) is 0 Å². The number of nitrogens with zero attached hydrogens (tertiary/aromatic N) is 1. The van der Waals surface area contributed by atoms with Crippen LogP contribution in [0.25, 0.3) is 0 Å². The lowest BCUT2D eigenvalue weighted by Gasteiger charge is -2.24. The SMILES string of the molecule is Cc1cc(NC(=O)CO)ccc1C(=O)N1CCCCc2cc(Cl)ccc21. The molecule has 6 heteroatoms. The Morgan fingerprint density at radius 3 is 2.73 bits per heavy atom. The molecular formula is C20H21ClN2O3. The molecule has 0 aromatic heterocycles. The zero-order valence-corrected chi connectivity index (χ0v) is 15.3. The predicted octanol–water partition coefficient (Wildman–Crippen LogP) is 3.56. The summed E-state index contributed by atoms with van der Waals surface area (Å²) in [5.74, 6) is -0.546. The van der Waals surface area contributed by atoms with Crippen molar-refractivity contribution in [3.05, 3.63) is 58.1 Å². The number of fused-ring (bicyclic) bond motifs is 1. The van der Waals surface area contributed by atoms with E-state index < -0.39 is 12.5 Å². The molecule has 0 aliphatic carbocycles. The first-order valence-corrected chi connectivity index (χ1v) is 8.99. The smallest absolute Gasteiger partial charge is 0.258 e. The predicted molar refractivity (Wildman–Crippen MR) is 103 cm³/mol. The van der Waals surface area contributed by atoms with Crippen LogP contribution in [0.15, 0.2) is 36.4 Å². The fourth-order valence-corrected chi connectivity index (χ4v) is 3.46. The third-order valence-corrected chi connectivity index (χ3v) is 4.77. The van der Waals surface area contributed by atoms with Crippen molar-refractivity contribution < 1.29 is 14.7 Å². The number of nitrogens with one attached hydrogen (secondary N) is 1. The van der Waals surface area contributed by atoms with E-state index in [0.717, 1.165) is 36.1 Å². The first-order chi connectivity index (χ1) is 12.5. The first kappa shape index (κ1) is 18.4. The number of benzene rings is 2. The molecule has 0 unspecified atom stereocenters. The number of halogens is 1. The standard InChI is InChI=1S/C20H21ClN2O3/c1-13-10-16(22-19(25)12-24)6-7-17(13)20(26)23-9-3-2-4-14-11-15(21)5-8-18(14)23/h5-8,10-11,24H,2-4,9,12H2,1H3,(H,22,25). The summed E-state index contributed by atoms with van der Waals surface area (Å²) >= 11 is 6.11. The molecule has 3 rings (SSSR count). The fraction of sp³-hybridized carbons (Fsp3) is 0.300. The molecule has 136 valence electrons. The Morgan fingerprint density at radius 1 is 1.19 bits per heavy atom. The second-order valence-corrected chi connectivity index (χ2v) is 6.86. The van der Waals surface area contributed by atoms with Gasteiger partial charge in [-0.3, -0.25) is 9.59 Å². The summed E-state index contributed by atoms with van der Waals surface area (Å²) in [6.07, 6.45) is 2.86. The van der Waals surface area contributed by atoms with Gasteiger partial charge in [0.15, 0.2) is 0 Å². The van der Waals surface area contributed by atoms with Gasteiger partial charge < -0.3 is 15.3 Å². The molecule has 0 radical (unpaired) electrons. The number of carbonyl (C=O) groups excluding carboxylic acids is 2. The van der Waals surface area contributed by atoms with E-state index in [0.29, 0.717) is 22.8 Å². The summed E-state index contributed by atoms with van der Waals surface area (Å²) in [6, 6.07) is 10.8. The first-order valence-electron chi connectivity index (χ1n) is 8.61. The van der Waals surface area contributed by atoms with Crippen LogP contribution in [0.3, 0.4) is 0 Å². The molecule has 0 saturated carbocycles. The number of hydrogen-bond donors (Lipinski definition) is 2. The van der Waals surface area contributed by atoms with Gasteiger partial charge >= 0.3 is 0 Å². The second-order valence-electron chi connectivity index (χ2n) is 6.42. The zero-order chi connectivity index (χ0) is 18.7. The van der Waals surface area contributed by atoms with Gasteiger partial charge in [0.05, 0.1) is 0 Å². The van der Waals surface area contributed by atoms with E-state index in [1.54, 1.807) is 18.2 Å². The van der Waals surface area contributed by atoms with E-state index in [9.17, 15) is 9.59 Å². The summed E-state index contributed by atoms with van der Waals surface area (Å²) in [5, 5.41) is 12.1. The molecule has 1 aliphatic heterocycles. The van der Waals surface area contributed by atoms with E-state index in [4.69, 9.17) is 16.7 Å². The number of amides is 2. The monoisotopic (exact) mass is 372 g/mol. The van der Waals surface area contributed by atoms with Crippen molar-refractivity contribution in [2.45, 2.75) is 26.2 Å². The van der Waals surface area contributed by atoms with Crippen LogP contribution < -0.4 is 10.2 Å². The molecule has 2 aromatic carbocycles. The van der Waals surface area contributed by atoms with Crippen molar-refractivity contribution in [3.63, 3.8) is 0 Å². The van der Waals surface area contributed by atoms with Crippen molar-refractivity contribution in [3.8, 4) is 0 Å². The Kier molecular flexibility index (Phi) is 5.59. The third-order valence-electron chi connectivity index (χ3n) is 4.54. The minimum Gasteiger partial charge on any atom is -0.387 e. The maximum Gasteiger partial charge on any atom is 0.258 e. The van der Waals surface area contributed by atoms with Gasteiger partial charge in [-0.05, 0) is 73.7 Å². The molecule has 26 heavy (non-hydrogen) atoms. The van der Waals surface area contributed by atoms with Crippen molar-refractivity contribution in [1.29, 1.82) is 0 Å². The Balaban J connectivity index is 1.91.